The zero-order chi connectivity index (χ0) is 15.5. The van der Waals surface area contributed by atoms with Gasteiger partial charge in [0.05, 0.1) is 14.2 Å². The molecule has 0 amide bonds. The molecule has 4 rings (SSSR count). The van der Waals surface area contributed by atoms with Crippen molar-refractivity contribution >= 4 is 5.97 Å². The van der Waals surface area contributed by atoms with Crippen molar-refractivity contribution in [3.8, 4) is 5.75 Å². The monoisotopic (exact) mass is 303 g/mol. The molecule has 5 heteroatoms. The first-order valence-corrected chi connectivity index (χ1v) is 7.77. The smallest absolute Gasteiger partial charge is 0.342 e. The lowest BCUT2D eigenvalue weighted by Gasteiger charge is -2.45. The van der Waals surface area contributed by atoms with Gasteiger partial charge in [-0.15, -0.1) is 0 Å². The van der Waals surface area contributed by atoms with Gasteiger partial charge in [-0.2, -0.15) is 0 Å². The largest absolute Gasteiger partial charge is 0.497 e. The van der Waals surface area contributed by atoms with Crippen LogP contribution < -0.4 is 4.74 Å². The second-order valence-electron chi connectivity index (χ2n) is 6.49. The molecule has 3 aliphatic heterocycles. The maximum absolute atomic E-state index is 12.6. The number of hydrogen-bond donors (Lipinski definition) is 0. The van der Waals surface area contributed by atoms with Crippen molar-refractivity contribution in [3.05, 3.63) is 29.3 Å². The van der Waals surface area contributed by atoms with Crippen molar-refractivity contribution in [3.63, 3.8) is 0 Å². The fraction of sp³-hybridized carbons (Fsp3) is 0.588. The molecule has 0 saturated carbocycles. The Morgan fingerprint density at radius 2 is 2.18 bits per heavy atom. The predicted octanol–water partition coefficient (Wildman–Crippen LogP) is 1.99. The molecule has 0 N–H and O–H groups in total. The number of fused-ring (bicyclic) bond motifs is 3. The number of methoxy groups -OCH3 is 2. The molecule has 1 spiro atoms. The van der Waals surface area contributed by atoms with Gasteiger partial charge in [0.25, 0.3) is 0 Å². The van der Waals surface area contributed by atoms with Gasteiger partial charge in [-0.25, -0.2) is 4.79 Å². The molecule has 3 heterocycles. The predicted molar refractivity (Wildman–Crippen MR) is 79.4 cm³/mol. The van der Waals surface area contributed by atoms with Crippen LogP contribution in [0.3, 0.4) is 0 Å². The van der Waals surface area contributed by atoms with Crippen LogP contribution in [0.1, 0.15) is 30.4 Å². The van der Waals surface area contributed by atoms with E-state index < -0.39 is 11.3 Å². The molecule has 3 atom stereocenters. The minimum Gasteiger partial charge on any atom is -0.497 e. The van der Waals surface area contributed by atoms with Gasteiger partial charge in [0.2, 0.25) is 0 Å². The topological polar surface area (TPSA) is 48.0 Å². The molecule has 0 aromatic heterocycles. The molecular weight excluding hydrogens is 282 g/mol. The van der Waals surface area contributed by atoms with Gasteiger partial charge >= 0.3 is 5.97 Å². The number of esters is 1. The first-order valence-electron chi connectivity index (χ1n) is 7.77. The van der Waals surface area contributed by atoms with E-state index in [9.17, 15) is 4.79 Å². The number of nitrogens with zero attached hydrogens (tertiary/aromatic N) is 1. The molecule has 3 aliphatic rings. The number of rotatable bonds is 2. The van der Waals surface area contributed by atoms with Crippen molar-refractivity contribution in [2.75, 3.05) is 27.8 Å². The zero-order valence-electron chi connectivity index (χ0n) is 13.2. The number of carbonyl (C=O) groups is 1. The van der Waals surface area contributed by atoms with Crippen LogP contribution >= 0.6 is 0 Å². The van der Waals surface area contributed by atoms with Crippen LogP contribution in [0.2, 0.25) is 0 Å². The normalized spacial score (nSPS) is 35.9. The van der Waals surface area contributed by atoms with Crippen LogP contribution in [0.15, 0.2) is 18.2 Å². The van der Waals surface area contributed by atoms with Gasteiger partial charge in [-0.1, -0.05) is 6.07 Å². The van der Waals surface area contributed by atoms with E-state index in [4.69, 9.17) is 14.2 Å². The lowest BCUT2D eigenvalue weighted by atomic mass is 9.70. The highest BCUT2D eigenvalue weighted by molar-refractivity contribution is 5.84. The minimum absolute atomic E-state index is 0.304. The van der Waals surface area contributed by atoms with Gasteiger partial charge in [0, 0.05) is 23.6 Å². The second kappa shape index (κ2) is 4.46. The summed E-state index contributed by atoms with van der Waals surface area (Å²) in [6, 6.07) is 5.93. The molecule has 0 radical (unpaired) electrons. The Morgan fingerprint density at radius 3 is 2.91 bits per heavy atom. The Bertz CT molecular complexity index is 646. The SMILES string of the molecule is COC(=O)C12CC3CCCN(C)C3(O1)c1ccc(OC)cc12. The summed E-state index contributed by atoms with van der Waals surface area (Å²) in [4.78, 5) is 14.9. The summed E-state index contributed by atoms with van der Waals surface area (Å²) in [6.07, 6.45) is 2.90. The molecule has 1 aromatic carbocycles. The van der Waals surface area contributed by atoms with Crippen LogP contribution in [0.4, 0.5) is 0 Å². The van der Waals surface area contributed by atoms with Crippen LogP contribution in [-0.4, -0.2) is 38.7 Å². The quantitative estimate of drug-likeness (QED) is 0.782. The van der Waals surface area contributed by atoms with Gasteiger partial charge in [-0.05, 0) is 38.4 Å². The Balaban J connectivity index is 1.95. The minimum atomic E-state index is -0.984. The molecule has 1 aromatic rings. The summed E-state index contributed by atoms with van der Waals surface area (Å²) < 4.78 is 16.9. The van der Waals surface area contributed by atoms with E-state index in [1.807, 2.05) is 18.2 Å². The summed E-state index contributed by atoms with van der Waals surface area (Å²) >= 11 is 0. The highest BCUT2D eigenvalue weighted by Gasteiger charge is 2.70. The van der Waals surface area contributed by atoms with Gasteiger partial charge in [0.15, 0.2) is 11.3 Å². The van der Waals surface area contributed by atoms with Gasteiger partial charge in [0.1, 0.15) is 5.75 Å². The van der Waals surface area contributed by atoms with E-state index in [1.54, 1.807) is 7.11 Å². The van der Waals surface area contributed by atoms with Crippen molar-refractivity contribution < 1.29 is 19.0 Å². The third-order valence-electron chi connectivity index (χ3n) is 5.59. The third kappa shape index (κ3) is 1.43. The summed E-state index contributed by atoms with van der Waals surface area (Å²) in [6.45, 7) is 0.971. The van der Waals surface area contributed by atoms with Gasteiger partial charge in [-0.3, -0.25) is 4.90 Å². The van der Waals surface area contributed by atoms with Crippen LogP contribution in [0.5, 0.6) is 5.75 Å². The maximum Gasteiger partial charge on any atom is 0.342 e. The lowest BCUT2D eigenvalue weighted by molar-refractivity contribution is -0.207. The molecule has 3 unspecified atom stereocenters. The molecule has 5 nitrogen and oxygen atoms in total. The molecule has 22 heavy (non-hydrogen) atoms. The first kappa shape index (κ1) is 14.0. The maximum atomic E-state index is 12.6. The van der Waals surface area contributed by atoms with E-state index in [0.29, 0.717) is 12.3 Å². The summed E-state index contributed by atoms with van der Waals surface area (Å²) in [5, 5.41) is 0. The fourth-order valence-electron chi connectivity index (χ4n) is 4.65. The summed E-state index contributed by atoms with van der Waals surface area (Å²) in [7, 11) is 5.14. The van der Waals surface area contributed by atoms with Crippen LogP contribution in [-0.2, 0) is 25.6 Å². The summed E-state index contributed by atoms with van der Waals surface area (Å²) in [5.41, 5.74) is 0.525. The molecule has 2 bridgehead atoms. The van der Waals surface area contributed by atoms with Crippen LogP contribution in [0.25, 0.3) is 0 Å². The van der Waals surface area contributed by atoms with Crippen molar-refractivity contribution in [1.29, 1.82) is 0 Å². The lowest BCUT2D eigenvalue weighted by Crippen LogP contribution is -2.50. The number of piperidine rings is 1. The number of benzene rings is 1. The average molecular weight is 303 g/mol. The average Bonchev–Trinajstić information content (AvgIpc) is 3.05. The Morgan fingerprint density at radius 1 is 1.36 bits per heavy atom. The summed E-state index contributed by atoms with van der Waals surface area (Å²) in [5.74, 6) is 0.762. The van der Waals surface area contributed by atoms with Crippen molar-refractivity contribution in [2.24, 2.45) is 5.92 Å². The van der Waals surface area contributed by atoms with Crippen molar-refractivity contribution in [2.45, 2.75) is 30.6 Å². The van der Waals surface area contributed by atoms with E-state index >= 15 is 0 Å². The molecule has 2 fully saturated rings. The molecule has 0 aliphatic carbocycles. The fourth-order valence-corrected chi connectivity index (χ4v) is 4.65. The number of hydrogen-bond acceptors (Lipinski definition) is 5. The van der Waals surface area contributed by atoms with Crippen molar-refractivity contribution in [1.82, 2.24) is 4.90 Å². The molecule has 2 saturated heterocycles. The van der Waals surface area contributed by atoms with E-state index in [1.165, 1.54) is 7.11 Å². The Hall–Kier alpha value is -1.59. The molecular formula is C17H21NO4. The standard InChI is InChI=1S/C17H21NO4/c1-18-8-4-5-11-10-16(15(19)21-3)14-9-12(20-2)6-7-13(14)17(11,18)22-16/h6-7,9,11H,4-5,8,10H2,1-3H3. The van der Waals surface area contributed by atoms with E-state index in [2.05, 4.69) is 11.9 Å². The number of likely N-dealkylation sites (tertiary alicyclic amines) is 1. The number of carbonyl (C=O) groups excluding carboxylic acids is 1. The Kier molecular flexibility index (Phi) is 2.84. The van der Waals surface area contributed by atoms with E-state index in [0.717, 1.165) is 36.3 Å². The first-order chi connectivity index (χ1) is 10.6. The number of ether oxygens (including phenoxy) is 3. The van der Waals surface area contributed by atoms with E-state index in [-0.39, 0.29) is 5.97 Å². The van der Waals surface area contributed by atoms with Gasteiger partial charge < -0.3 is 14.2 Å². The Labute approximate surface area is 130 Å². The van der Waals surface area contributed by atoms with Crippen LogP contribution in [0, 0.1) is 5.92 Å². The zero-order valence-corrected chi connectivity index (χ0v) is 13.2. The second-order valence-corrected chi connectivity index (χ2v) is 6.49. The molecule has 118 valence electrons. The highest BCUT2D eigenvalue weighted by Crippen LogP contribution is 2.65. The highest BCUT2D eigenvalue weighted by atomic mass is 16.6. The third-order valence-corrected chi connectivity index (χ3v) is 5.59.